The highest BCUT2D eigenvalue weighted by Crippen LogP contribution is 2.15. The van der Waals surface area contributed by atoms with Crippen LogP contribution in [0.3, 0.4) is 0 Å². The summed E-state index contributed by atoms with van der Waals surface area (Å²) < 4.78 is 13.4. The first-order valence-electron chi connectivity index (χ1n) is 5.92. The molecule has 1 saturated heterocycles. The van der Waals surface area contributed by atoms with Gasteiger partial charge in [-0.15, -0.1) is 0 Å². The van der Waals surface area contributed by atoms with Gasteiger partial charge in [-0.2, -0.15) is 0 Å². The Kier molecular flexibility index (Phi) is 3.91. The predicted octanol–water partition coefficient (Wildman–Crippen LogP) is 2.01. The van der Waals surface area contributed by atoms with Gasteiger partial charge in [-0.1, -0.05) is 18.2 Å². The maximum atomic E-state index is 13.4. The highest BCUT2D eigenvalue weighted by Gasteiger charge is 2.18. The fraction of sp³-hybridized carbons (Fsp3) is 0.538. The molecule has 1 fully saturated rings. The molecule has 1 aliphatic rings. The standard InChI is InChI=1S/C13H19FN2/c1-15-12-6-8-16(9-7-12)10-11-4-2-3-5-13(11)14/h2-5,12,15H,6-10H2,1H3. The van der Waals surface area contributed by atoms with Gasteiger partial charge >= 0.3 is 0 Å². The highest BCUT2D eigenvalue weighted by molar-refractivity contribution is 5.17. The Morgan fingerprint density at radius 1 is 1.31 bits per heavy atom. The quantitative estimate of drug-likeness (QED) is 0.841. The molecule has 0 amide bonds. The molecule has 2 nitrogen and oxygen atoms in total. The molecule has 0 spiro atoms. The van der Waals surface area contributed by atoms with Crippen LogP contribution in [0.5, 0.6) is 0 Å². The minimum absolute atomic E-state index is 0.0850. The number of nitrogens with one attached hydrogen (secondary N) is 1. The molecule has 0 saturated carbocycles. The van der Waals surface area contributed by atoms with Gasteiger partial charge in [-0.3, -0.25) is 4.90 Å². The third-order valence-corrected chi connectivity index (χ3v) is 3.35. The average molecular weight is 222 g/mol. The Balaban J connectivity index is 1.89. The summed E-state index contributed by atoms with van der Waals surface area (Å²) in [4.78, 5) is 2.33. The van der Waals surface area contributed by atoms with Crippen molar-refractivity contribution in [2.75, 3.05) is 20.1 Å². The number of likely N-dealkylation sites (tertiary alicyclic amines) is 1. The maximum Gasteiger partial charge on any atom is 0.127 e. The van der Waals surface area contributed by atoms with Crippen LogP contribution in [0, 0.1) is 5.82 Å². The second kappa shape index (κ2) is 5.41. The third-order valence-electron chi connectivity index (χ3n) is 3.35. The van der Waals surface area contributed by atoms with Crippen LogP contribution in [-0.4, -0.2) is 31.1 Å². The van der Waals surface area contributed by atoms with Crippen LogP contribution in [0.2, 0.25) is 0 Å². The van der Waals surface area contributed by atoms with Crippen LogP contribution >= 0.6 is 0 Å². The van der Waals surface area contributed by atoms with Crippen molar-refractivity contribution < 1.29 is 4.39 Å². The topological polar surface area (TPSA) is 15.3 Å². The first-order valence-corrected chi connectivity index (χ1v) is 5.92. The van der Waals surface area contributed by atoms with Crippen molar-refractivity contribution >= 4 is 0 Å². The van der Waals surface area contributed by atoms with Crippen molar-refractivity contribution in [3.8, 4) is 0 Å². The molecule has 1 N–H and O–H groups in total. The molecule has 1 aromatic rings. The largest absolute Gasteiger partial charge is 0.317 e. The Morgan fingerprint density at radius 2 is 2.00 bits per heavy atom. The van der Waals surface area contributed by atoms with E-state index in [0.29, 0.717) is 6.04 Å². The Hall–Kier alpha value is -0.930. The molecule has 3 heteroatoms. The van der Waals surface area contributed by atoms with Crippen LogP contribution in [0.4, 0.5) is 4.39 Å². The Bertz CT molecular complexity index is 332. The van der Waals surface area contributed by atoms with E-state index in [1.807, 2.05) is 19.2 Å². The number of halogens is 1. The van der Waals surface area contributed by atoms with Crippen LogP contribution in [0.25, 0.3) is 0 Å². The number of hydrogen-bond donors (Lipinski definition) is 1. The molecule has 0 radical (unpaired) electrons. The van der Waals surface area contributed by atoms with Gasteiger partial charge in [0.2, 0.25) is 0 Å². The summed E-state index contributed by atoms with van der Waals surface area (Å²) in [7, 11) is 2.01. The van der Waals surface area contributed by atoms with E-state index >= 15 is 0 Å². The van der Waals surface area contributed by atoms with Gasteiger partial charge in [0.1, 0.15) is 5.82 Å². The van der Waals surface area contributed by atoms with Crippen LogP contribution in [0.1, 0.15) is 18.4 Å². The van der Waals surface area contributed by atoms with E-state index in [4.69, 9.17) is 0 Å². The SMILES string of the molecule is CNC1CCN(Cc2ccccc2F)CC1. The van der Waals surface area contributed by atoms with Gasteiger partial charge < -0.3 is 5.32 Å². The third kappa shape index (κ3) is 2.80. The summed E-state index contributed by atoms with van der Waals surface area (Å²) >= 11 is 0. The zero-order valence-corrected chi connectivity index (χ0v) is 9.75. The van der Waals surface area contributed by atoms with E-state index in [9.17, 15) is 4.39 Å². The van der Waals surface area contributed by atoms with Crippen molar-refractivity contribution in [3.05, 3.63) is 35.6 Å². The normalized spacial score (nSPS) is 18.9. The van der Waals surface area contributed by atoms with Gasteiger partial charge in [-0.25, -0.2) is 4.39 Å². The first-order chi connectivity index (χ1) is 7.79. The van der Waals surface area contributed by atoms with E-state index in [-0.39, 0.29) is 5.82 Å². The van der Waals surface area contributed by atoms with Crippen molar-refractivity contribution in [2.24, 2.45) is 0 Å². The van der Waals surface area contributed by atoms with Gasteiger partial charge in [0.05, 0.1) is 0 Å². The van der Waals surface area contributed by atoms with Crippen molar-refractivity contribution in [1.82, 2.24) is 10.2 Å². The summed E-state index contributed by atoms with van der Waals surface area (Å²) in [5.41, 5.74) is 0.811. The molecule has 1 aromatic carbocycles. The van der Waals surface area contributed by atoms with E-state index in [1.54, 1.807) is 6.07 Å². The van der Waals surface area contributed by atoms with Crippen LogP contribution in [0.15, 0.2) is 24.3 Å². The summed E-state index contributed by atoms with van der Waals surface area (Å²) in [6.07, 6.45) is 2.32. The monoisotopic (exact) mass is 222 g/mol. The predicted molar refractivity (Wildman–Crippen MR) is 63.8 cm³/mol. The van der Waals surface area contributed by atoms with E-state index in [0.717, 1.165) is 38.0 Å². The molecule has 16 heavy (non-hydrogen) atoms. The van der Waals surface area contributed by atoms with E-state index in [2.05, 4.69) is 10.2 Å². The highest BCUT2D eigenvalue weighted by atomic mass is 19.1. The summed E-state index contributed by atoms with van der Waals surface area (Å²) in [5, 5.41) is 3.30. The van der Waals surface area contributed by atoms with Gasteiger partial charge in [-0.05, 0) is 39.0 Å². The Morgan fingerprint density at radius 3 is 2.62 bits per heavy atom. The number of piperidine rings is 1. The molecule has 1 aliphatic heterocycles. The lowest BCUT2D eigenvalue weighted by atomic mass is 10.0. The maximum absolute atomic E-state index is 13.4. The minimum Gasteiger partial charge on any atom is -0.317 e. The number of benzene rings is 1. The first kappa shape index (κ1) is 11.6. The molecule has 88 valence electrons. The molecule has 0 atom stereocenters. The summed E-state index contributed by atoms with van der Waals surface area (Å²) in [6.45, 7) is 2.85. The second-order valence-corrected chi connectivity index (χ2v) is 4.43. The van der Waals surface area contributed by atoms with Gasteiger partial charge in [0, 0.05) is 18.2 Å². The summed E-state index contributed by atoms with van der Waals surface area (Å²) in [6, 6.07) is 7.69. The van der Waals surface area contributed by atoms with Crippen LogP contribution < -0.4 is 5.32 Å². The van der Waals surface area contributed by atoms with Crippen molar-refractivity contribution in [1.29, 1.82) is 0 Å². The van der Waals surface area contributed by atoms with Crippen LogP contribution in [-0.2, 0) is 6.54 Å². The second-order valence-electron chi connectivity index (χ2n) is 4.43. The molecular weight excluding hydrogens is 203 g/mol. The lowest BCUT2D eigenvalue weighted by Crippen LogP contribution is -2.40. The average Bonchev–Trinajstić information content (AvgIpc) is 2.33. The van der Waals surface area contributed by atoms with Gasteiger partial charge in [0.15, 0.2) is 0 Å². The molecule has 0 aromatic heterocycles. The zero-order valence-electron chi connectivity index (χ0n) is 9.75. The number of rotatable bonds is 3. The molecule has 1 heterocycles. The molecule has 0 unspecified atom stereocenters. The smallest absolute Gasteiger partial charge is 0.127 e. The molecule has 0 aliphatic carbocycles. The summed E-state index contributed by atoms with van der Waals surface area (Å²) in [5.74, 6) is -0.0850. The zero-order chi connectivity index (χ0) is 11.4. The number of nitrogens with zero attached hydrogens (tertiary/aromatic N) is 1. The van der Waals surface area contributed by atoms with E-state index in [1.165, 1.54) is 6.07 Å². The number of hydrogen-bond acceptors (Lipinski definition) is 2. The molecular formula is C13H19FN2. The van der Waals surface area contributed by atoms with Crippen molar-refractivity contribution in [3.63, 3.8) is 0 Å². The molecule has 0 bridgehead atoms. The minimum atomic E-state index is -0.0850. The fourth-order valence-electron chi connectivity index (χ4n) is 2.25. The van der Waals surface area contributed by atoms with Crippen molar-refractivity contribution in [2.45, 2.75) is 25.4 Å². The van der Waals surface area contributed by atoms with Gasteiger partial charge in [0.25, 0.3) is 0 Å². The lowest BCUT2D eigenvalue weighted by Gasteiger charge is -2.31. The lowest BCUT2D eigenvalue weighted by molar-refractivity contribution is 0.192. The Labute approximate surface area is 96.5 Å². The molecule has 2 rings (SSSR count). The van der Waals surface area contributed by atoms with E-state index < -0.39 is 0 Å². The fourth-order valence-corrected chi connectivity index (χ4v) is 2.25.